The van der Waals surface area contributed by atoms with E-state index in [0.717, 1.165) is 23.8 Å². The second-order valence-electron chi connectivity index (χ2n) is 6.02. The van der Waals surface area contributed by atoms with Crippen LogP contribution < -0.4 is 4.72 Å². The van der Waals surface area contributed by atoms with Crippen molar-refractivity contribution in [2.45, 2.75) is 19.8 Å². The summed E-state index contributed by atoms with van der Waals surface area (Å²) < 4.78 is 26.8. The summed E-state index contributed by atoms with van der Waals surface area (Å²) in [5, 5.41) is 1.12. The Morgan fingerprint density at radius 1 is 1.08 bits per heavy atom. The molecule has 0 aliphatic heterocycles. The highest BCUT2D eigenvalue weighted by Crippen LogP contribution is 2.14. The average molecular weight is 372 g/mol. The molecule has 2 rings (SSSR count). The zero-order valence-corrected chi connectivity index (χ0v) is 15.9. The Kier molecular flexibility index (Phi) is 6.97. The first-order valence-corrected chi connectivity index (χ1v) is 10.1. The third-order valence-electron chi connectivity index (χ3n) is 3.82. The van der Waals surface area contributed by atoms with Gasteiger partial charge in [-0.25, -0.2) is 8.42 Å². The summed E-state index contributed by atoms with van der Waals surface area (Å²) in [6.45, 7) is 2.78. The van der Waals surface area contributed by atoms with E-state index in [2.05, 4.69) is 11.6 Å². The lowest BCUT2D eigenvalue weighted by Crippen LogP contribution is -2.27. The van der Waals surface area contributed by atoms with E-state index < -0.39 is 10.0 Å². The summed E-state index contributed by atoms with van der Waals surface area (Å²) in [6.07, 6.45) is 3.51. The van der Waals surface area contributed by atoms with Crippen molar-refractivity contribution < 1.29 is 13.2 Å². The molecule has 2 aromatic rings. The summed E-state index contributed by atoms with van der Waals surface area (Å²) >= 11 is 0. The summed E-state index contributed by atoms with van der Waals surface area (Å²) in [5.74, 6) is -0.0724. The van der Waals surface area contributed by atoms with Gasteiger partial charge in [-0.2, -0.15) is 0 Å². The van der Waals surface area contributed by atoms with Crippen LogP contribution >= 0.6 is 0 Å². The Morgan fingerprint density at radius 3 is 2.35 bits per heavy atom. The van der Waals surface area contributed by atoms with Crippen LogP contribution in [0, 0.1) is 0 Å². The molecule has 0 atom stereocenters. The fraction of sp³-hybridized carbons (Fsp3) is 0.250. The van der Waals surface area contributed by atoms with E-state index in [1.807, 2.05) is 30.3 Å². The predicted molar refractivity (Wildman–Crippen MR) is 106 cm³/mol. The number of carbonyl (C=O) groups excluding carboxylic acids is 1. The molecule has 0 radical (unpaired) electrons. The molecule has 2 aromatic carbocycles. The zero-order valence-electron chi connectivity index (χ0n) is 15.1. The van der Waals surface area contributed by atoms with Gasteiger partial charge in [0.2, 0.25) is 0 Å². The molecule has 1 amide bonds. The van der Waals surface area contributed by atoms with Gasteiger partial charge in [-0.3, -0.25) is 9.52 Å². The van der Waals surface area contributed by atoms with Gasteiger partial charge in [-0.1, -0.05) is 43.7 Å². The number of nitrogens with one attached hydrogen (secondary N) is 1. The Hall–Kier alpha value is -2.60. The lowest BCUT2D eigenvalue weighted by molar-refractivity contribution is 0.0793. The van der Waals surface area contributed by atoms with Gasteiger partial charge in [0.05, 0.1) is 5.41 Å². The minimum absolute atomic E-state index is 0.0724. The number of sulfonamides is 1. The monoisotopic (exact) mass is 372 g/mol. The van der Waals surface area contributed by atoms with Crippen molar-refractivity contribution in [3.8, 4) is 0 Å². The summed E-state index contributed by atoms with van der Waals surface area (Å²) in [4.78, 5) is 14.0. The van der Waals surface area contributed by atoms with Crippen molar-refractivity contribution in [2.24, 2.45) is 0 Å². The van der Waals surface area contributed by atoms with Crippen LogP contribution in [-0.2, 0) is 10.0 Å². The van der Waals surface area contributed by atoms with Gasteiger partial charge < -0.3 is 4.90 Å². The van der Waals surface area contributed by atoms with Gasteiger partial charge in [-0.15, -0.1) is 0 Å². The molecular formula is C20H24N2O3S. The van der Waals surface area contributed by atoms with Crippen LogP contribution in [0.5, 0.6) is 0 Å². The number of amides is 1. The predicted octanol–water partition coefficient (Wildman–Crippen LogP) is 3.97. The molecule has 5 nitrogen and oxygen atoms in total. The quantitative estimate of drug-likeness (QED) is 0.762. The molecule has 0 aliphatic carbocycles. The van der Waals surface area contributed by atoms with Crippen molar-refractivity contribution in [3.63, 3.8) is 0 Å². The van der Waals surface area contributed by atoms with Gasteiger partial charge in [0.25, 0.3) is 15.9 Å². The molecule has 26 heavy (non-hydrogen) atoms. The number of hydrogen-bond acceptors (Lipinski definition) is 3. The van der Waals surface area contributed by atoms with Crippen LogP contribution in [0.25, 0.3) is 6.08 Å². The van der Waals surface area contributed by atoms with Gasteiger partial charge in [0.15, 0.2) is 0 Å². The highest BCUT2D eigenvalue weighted by Gasteiger charge is 2.12. The SMILES string of the molecule is CCCCN(C)C(=O)c1ccc(NS(=O)(=O)/C=C/c2ccccc2)cc1. The summed E-state index contributed by atoms with van der Waals surface area (Å²) in [7, 11) is -1.85. The van der Waals surface area contributed by atoms with Crippen LogP contribution in [0.4, 0.5) is 5.69 Å². The second kappa shape index (κ2) is 9.20. The van der Waals surface area contributed by atoms with Crippen LogP contribution in [-0.4, -0.2) is 32.8 Å². The summed E-state index contributed by atoms with van der Waals surface area (Å²) in [5.41, 5.74) is 1.75. The zero-order chi connectivity index (χ0) is 19.0. The maximum atomic E-state index is 12.3. The Bertz CT molecular complexity index is 844. The van der Waals surface area contributed by atoms with Gasteiger partial charge in [-0.05, 0) is 42.3 Å². The Balaban J connectivity index is 2.02. The van der Waals surface area contributed by atoms with E-state index in [9.17, 15) is 13.2 Å². The van der Waals surface area contributed by atoms with Crippen LogP contribution in [0.15, 0.2) is 60.0 Å². The highest BCUT2D eigenvalue weighted by molar-refractivity contribution is 7.95. The Morgan fingerprint density at radius 2 is 1.73 bits per heavy atom. The fourth-order valence-corrected chi connectivity index (χ4v) is 3.20. The molecule has 0 aliphatic rings. The minimum Gasteiger partial charge on any atom is -0.342 e. The molecular weight excluding hydrogens is 348 g/mol. The second-order valence-corrected chi connectivity index (χ2v) is 7.58. The number of rotatable bonds is 8. The molecule has 0 unspecified atom stereocenters. The molecule has 0 spiro atoms. The largest absolute Gasteiger partial charge is 0.342 e. The van der Waals surface area contributed by atoms with Gasteiger partial charge in [0, 0.05) is 24.8 Å². The molecule has 0 fully saturated rings. The molecule has 0 aromatic heterocycles. The topological polar surface area (TPSA) is 66.5 Å². The summed E-state index contributed by atoms with van der Waals surface area (Å²) in [6, 6.07) is 15.6. The van der Waals surface area contributed by atoms with Crippen LogP contribution in [0.3, 0.4) is 0 Å². The molecule has 0 heterocycles. The third kappa shape index (κ3) is 6.04. The lowest BCUT2D eigenvalue weighted by atomic mass is 10.2. The number of hydrogen-bond donors (Lipinski definition) is 1. The first-order chi connectivity index (χ1) is 12.4. The molecule has 0 saturated carbocycles. The van der Waals surface area contributed by atoms with Crippen LogP contribution in [0.2, 0.25) is 0 Å². The van der Waals surface area contributed by atoms with Crippen molar-refractivity contribution in [1.29, 1.82) is 0 Å². The van der Waals surface area contributed by atoms with E-state index >= 15 is 0 Å². The Labute approximate surface area is 155 Å². The maximum absolute atomic E-state index is 12.3. The number of benzene rings is 2. The number of carbonyl (C=O) groups is 1. The molecule has 1 N–H and O–H groups in total. The van der Waals surface area contributed by atoms with E-state index in [4.69, 9.17) is 0 Å². The van der Waals surface area contributed by atoms with Gasteiger partial charge >= 0.3 is 0 Å². The van der Waals surface area contributed by atoms with Crippen molar-refractivity contribution in [3.05, 3.63) is 71.1 Å². The maximum Gasteiger partial charge on any atom is 0.255 e. The van der Waals surface area contributed by atoms with Gasteiger partial charge in [0.1, 0.15) is 0 Å². The lowest BCUT2D eigenvalue weighted by Gasteiger charge is -2.16. The highest BCUT2D eigenvalue weighted by atomic mass is 32.2. The van der Waals surface area contributed by atoms with E-state index in [0.29, 0.717) is 17.8 Å². The first kappa shape index (κ1) is 19.7. The standard InChI is InChI=1S/C20H24N2O3S/c1-3-4-15-22(2)20(23)18-10-12-19(13-11-18)21-26(24,25)16-14-17-8-6-5-7-9-17/h5-14,16,21H,3-4,15H2,1-2H3/b16-14+. The average Bonchev–Trinajstić information content (AvgIpc) is 2.65. The van der Waals surface area contributed by atoms with Crippen molar-refractivity contribution >= 4 is 27.7 Å². The van der Waals surface area contributed by atoms with Crippen LogP contribution in [0.1, 0.15) is 35.7 Å². The molecule has 138 valence electrons. The third-order valence-corrected chi connectivity index (χ3v) is 4.84. The fourth-order valence-electron chi connectivity index (χ4n) is 2.33. The van der Waals surface area contributed by atoms with Crippen molar-refractivity contribution in [1.82, 2.24) is 4.90 Å². The van der Waals surface area contributed by atoms with E-state index in [-0.39, 0.29) is 5.91 Å². The van der Waals surface area contributed by atoms with Crippen molar-refractivity contribution in [2.75, 3.05) is 18.3 Å². The number of unbranched alkanes of at least 4 members (excludes halogenated alkanes) is 1. The molecule has 6 heteroatoms. The van der Waals surface area contributed by atoms with E-state index in [1.165, 1.54) is 6.08 Å². The van der Waals surface area contributed by atoms with E-state index in [1.54, 1.807) is 36.2 Å². The minimum atomic E-state index is -3.62. The smallest absolute Gasteiger partial charge is 0.255 e. The first-order valence-electron chi connectivity index (χ1n) is 8.53. The number of nitrogens with zero attached hydrogens (tertiary/aromatic N) is 1. The normalized spacial score (nSPS) is 11.5. The molecule has 0 saturated heterocycles. The molecule has 0 bridgehead atoms. The number of anilines is 1.